The van der Waals surface area contributed by atoms with E-state index in [1.807, 2.05) is 18.2 Å². The topological polar surface area (TPSA) is 43.3 Å². The lowest BCUT2D eigenvalue weighted by Gasteiger charge is -2.37. The van der Waals surface area contributed by atoms with Crippen LogP contribution in [0.4, 0.5) is 0 Å². The predicted octanol–water partition coefficient (Wildman–Crippen LogP) is 1.96. The van der Waals surface area contributed by atoms with Crippen molar-refractivity contribution in [1.29, 1.82) is 0 Å². The molecule has 1 aliphatic rings. The average molecular weight is 475 g/mol. The molecule has 1 unspecified atom stereocenters. The molecule has 1 aromatic rings. The van der Waals surface area contributed by atoms with Gasteiger partial charge in [0.05, 0.1) is 13.7 Å². The first kappa shape index (κ1) is 23.0. The van der Waals surface area contributed by atoms with Crippen LogP contribution in [-0.2, 0) is 6.54 Å². The Morgan fingerprint density at radius 2 is 2.04 bits per heavy atom. The Balaban J connectivity index is 0.00000338. The Hall–Kier alpha value is -1.06. The Labute approximate surface area is 175 Å². The van der Waals surface area contributed by atoms with Crippen LogP contribution in [0.1, 0.15) is 12.5 Å². The van der Waals surface area contributed by atoms with Crippen LogP contribution in [0.3, 0.4) is 0 Å². The van der Waals surface area contributed by atoms with Gasteiger partial charge in [-0.1, -0.05) is 18.2 Å². The summed E-state index contributed by atoms with van der Waals surface area (Å²) in [5, 5.41) is 3.41. The fourth-order valence-electron chi connectivity index (χ4n) is 3.12. The summed E-state index contributed by atoms with van der Waals surface area (Å²) in [5.41, 5.74) is 1.16. The van der Waals surface area contributed by atoms with Crippen LogP contribution in [-0.4, -0.2) is 87.7 Å². The summed E-state index contributed by atoms with van der Waals surface area (Å²) in [5.74, 6) is 1.86. The second-order valence-electron chi connectivity index (χ2n) is 6.76. The maximum Gasteiger partial charge on any atom is 0.194 e. The van der Waals surface area contributed by atoms with Crippen molar-refractivity contribution in [2.24, 2.45) is 4.99 Å². The van der Waals surface area contributed by atoms with Gasteiger partial charge in [0, 0.05) is 51.4 Å². The van der Waals surface area contributed by atoms with Crippen LogP contribution >= 0.6 is 24.0 Å². The van der Waals surface area contributed by atoms with Gasteiger partial charge in [-0.25, -0.2) is 0 Å². The van der Waals surface area contributed by atoms with Gasteiger partial charge < -0.3 is 19.9 Å². The molecule has 148 valence electrons. The largest absolute Gasteiger partial charge is 0.496 e. The van der Waals surface area contributed by atoms with Crippen molar-refractivity contribution in [2.45, 2.75) is 19.5 Å². The number of methoxy groups -OCH3 is 1. The molecule has 7 heteroatoms. The van der Waals surface area contributed by atoms with E-state index in [1.165, 1.54) is 0 Å². The van der Waals surface area contributed by atoms with Gasteiger partial charge in [0.2, 0.25) is 0 Å². The summed E-state index contributed by atoms with van der Waals surface area (Å²) < 4.78 is 5.47. The molecule has 6 nitrogen and oxygen atoms in total. The van der Waals surface area contributed by atoms with E-state index < -0.39 is 0 Å². The normalized spacial score (nSPS) is 19.0. The summed E-state index contributed by atoms with van der Waals surface area (Å²) in [4.78, 5) is 11.8. The molecule has 0 aromatic heterocycles. The van der Waals surface area contributed by atoms with Crippen molar-refractivity contribution >= 4 is 29.9 Å². The van der Waals surface area contributed by atoms with E-state index in [4.69, 9.17) is 9.73 Å². The van der Waals surface area contributed by atoms with Gasteiger partial charge in [-0.15, -0.1) is 24.0 Å². The highest BCUT2D eigenvalue weighted by molar-refractivity contribution is 14.0. The number of aliphatic imine (C=N–C) groups is 1. The van der Waals surface area contributed by atoms with E-state index in [-0.39, 0.29) is 24.0 Å². The van der Waals surface area contributed by atoms with E-state index >= 15 is 0 Å². The highest BCUT2D eigenvalue weighted by Gasteiger charge is 2.22. The SMILES string of the molecule is CCNC(=NCC1CN(C)CCN1C)N(C)Cc1ccccc1OC.I. The summed E-state index contributed by atoms with van der Waals surface area (Å²) in [7, 11) is 8.17. The Morgan fingerprint density at radius 3 is 2.73 bits per heavy atom. The Morgan fingerprint density at radius 1 is 1.31 bits per heavy atom. The third-order valence-corrected chi connectivity index (χ3v) is 4.73. The Bertz CT molecular complexity index is 569. The number of rotatable bonds is 6. The number of benzene rings is 1. The second-order valence-corrected chi connectivity index (χ2v) is 6.76. The summed E-state index contributed by atoms with van der Waals surface area (Å²) in [6.45, 7) is 7.82. The smallest absolute Gasteiger partial charge is 0.194 e. The van der Waals surface area contributed by atoms with Crippen LogP contribution in [0.25, 0.3) is 0 Å². The summed E-state index contributed by atoms with van der Waals surface area (Å²) >= 11 is 0. The van der Waals surface area contributed by atoms with Crippen molar-refractivity contribution in [3.8, 4) is 5.75 Å². The molecule has 0 bridgehead atoms. The molecule has 0 saturated carbocycles. The van der Waals surface area contributed by atoms with Crippen molar-refractivity contribution in [3.63, 3.8) is 0 Å². The number of hydrogen-bond acceptors (Lipinski definition) is 4. The minimum Gasteiger partial charge on any atom is -0.496 e. The molecule has 1 N–H and O–H groups in total. The van der Waals surface area contributed by atoms with Crippen LogP contribution in [0, 0.1) is 0 Å². The first-order valence-corrected chi connectivity index (χ1v) is 9.05. The lowest BCUT2D eigenvalue weighted by Crippen LogP contribution is -2.51. The van der Waals surface area contributed by atoms with Crippen LogP contribution in [0.5, 0.6) is 5.75 Å². The number of ether oxygens (including phenoxy) is 1. The highest BCUT2D eigenvalue weighted by Crippen LogP contribution is 2.18. The van der Waals surface area contributed by atoms with Gasteiger partial charge in [-0.2, -0.15) is 0 Å². The Kier molecular flexibility index (Phi) is 10.3. The highest BCUT2D eigenvalue weighted by atomic mass is 127. The number of piperazine rings is 1. The lowest BCUT2D eigenvalue weighted by atomic mass is 10.2. The van der Waals surface area contributed by atoms with Crippen molar-refractivity contribution < 1.29 is 4.74 Å². The molecule has 1 saturated heterocycles. The number of para-hydroxylation sites is 1. The number of nitrogens with zero attached hydrogens (tertiary/aromatic N) is 4. The first-order chi connectivity index (χ1) is 12.0. The molecule has 0 spiro atoms. The van der Waals surface area contributed by atoms with Crippen LogP contribution in [0.2, 0.25) is 0 Å². The monoisotopic (exact) mass is 475 g/mol. The molecule has 1 aliphatic heterocycles. The predicted molar refractivity (Wildman–Crippen MR) is 120 cm³/mol. The summed E-state index contributed by atoms with van der Waals surface area (Å²) in [6, 6.07) is 8.61. The molecule has 1 atom stereocenters. The van der Waals surface area contributed by atoms with Crippen LogP contribution < -0.4 is 10.1 Å². The fourth-order valence-corrected chi connectivity index (χ4v) is 3.12. The van der Waals surface area contributed by atoms with E-state index in [1.54, 1.807) is 7.11 Å². The van der Waals surface area contributed by atoms with Gasteiger partial charge in [0.1, 0.15) is 5.75 Å². The van der Waals surface area contributed by atoms with E-state index in [0.29, 0.717) is 6.04 Å². The van der Waals surface area contributed by atoms with Gasteiger partial charge in [-0.3, -0.25) is 9.89 Å². The van der Waals surface area contributed by atoms with Crippen molar-refractivity contribution in [3.05, 3.63) is 29.8 Å². The molecule has 26 heavy (non-hydrogen) atoms. The maximum absolute atomic E-state index is 5.47. The quantitative estimate of drug-likeness (QED) is 0.387. The maximum atomic E-state index is 5.47. The van der Waals surface area contributed by atoms with Crippen LogP contribution in [0.15, 0.2) is 29.3 Å². The third kappa shape index (κ3) is 6.59. The number of likely N-dealkylation sites (N-methyl/N-ethyl adjacent to an activating group) is 2. The van der Waals surface area contributed by atoms with Gasteiger partial charge >= 0.3 is 0 Å². The zero-order valence-electron chi connectivity index (χ0n) is 16.7. The number of guanidine groups is 1. The third-order valence-electron chi connectivity index (χ3n) is 4.73. The van der Waals surface area contributed by atoms with Gasteiger partial charge in [-0.05, 0) is 27.1 Å². The molecule has 1 fully saturated rings. The average Bonchev–Trinajstić information content (AvgIpc) is 2.61. The minimum atomic E-state index is 0. The van der Waals surface area contributed by atoms with E-state index in [9.17, 15) is 0 Å². The zero-order chi connectivity index (χ0) is 18.2. The molecule has 0 aliphatic carbocycles. The van der Waals surface area contributed by atoms with Crippen molar-refractivity contribution in [2.75, 3.05) is 61.0 Å². The zero-order valence-corrected chi connectivity index (χ0v) is 19.1. The van der Waals surface area contributed by atoms with E-state index in [0.717, 1.165) is 56.5 Å². The number of halogens is 1. The molecule has 1 aromatic carbocycles. The number of nitrogens with one attached hydrogen (secondary N) is 1. The molecule has 0 amide bonds. The molecule has 2 rings (SSSR count). The fraction of sp³-hybridized carbons (Fsp3) is 0.632. The molecule has 1 heterocycles. The first-order valence-electron chi connectivity index (χ1n) is 9.05. The van der Waals surface area contributed by atoms with Gasteiger partial charge in [0.15, 0.2) is 5.96 Å². The molecule has 0 radical (unpaired) electrons. The second kappa shape index (κ2) is 11.6. The minimum absolute atomic E-state index is 0. The summed E-state index contributed by atoms with van der Waals surface area (Å²) in [6.07, 6.45) is 0. The lowest BCUT2D eigenvalue weighted by molar-refractivity contribution is 0.119. The molecular weight excluding hydrogens is 441 g/mol. The van der Waals surface area contributed by atoms with Crippen molar-refractivity contribution in [1.82, 2.24) is 20.0 Å². The molecular formula is C19H34IN5O. The van der Waals surface area contributed by atoms with Gasteiger partial charge in [0.25, 0.3) is 0 Å². The number of hydrogen-bond donors (Lipinski definition) is 1. The van der Waals surface area contributed by atoms with E-state index in [2.05, 4.69) is 54.1 Å². The standard InChI is InChI=1S/C19H33N5O.HI/c1-6-20-19(21-13-17-15-22(2)11-12-23(17)3)24(4)14-16-9-7-8-10-18(16)25-5;/h7-10,17H,6,11-15H2,1-5H3,(H,20,21);1H.